The predicted octanol–water partition coefficient (Wildman–Crippen LogP) is 3.78. The Morgan fingerprint density at radius 3 is 2.34 bits per heavy atom. The first-order valence-corrected chi connectivity index (χ1v) is 10.9. The summed E-state index contributed by atoms with van der Waals surface area (Å²) in [6.45, 7) is 4.01. The number of benzene rings is 2. The van der Waals surface area contributed by atoms with E-state index < -0.39 is 0 Å². The third-order valence-electron chi connectivity index (χ3n) is 6.11. The van der Waals surface area contributed by atoms with E-state index in [1.54, 1.807) is 7.11 Å². The van der Waals surface area contributed by atoms with E-state index in [9.17, 15) is 4.79 Å². The molecule has 4 aromatic rings. The van der Waals surface area contributed by atoms with Crippen molar-refractivity contribution in [2.24, 2.45) is 0 Å². The minimum Gasteiger partial charge on any atom is -0.497 e. The van der Waals surface area contributed by atoms with Crippen molar-refractivity contribution in [2.45, 2.75) is 6.54 Å². The summed E-state index contributed by atoms with van der Waals surface area (Å²) in [7, 11) is 1.65. The Balaban J connectivity index is 1.50. The number of anilines is 2. The van der Waals surface area contributed by atoms with Gasteiger partial charge in [0.2, 0.25) is 5.43 Å². The zero-order valence-electron chi connectivity index (χ0n) is 18.1. The summed E-state index contributed by atoms with van der Waals surface area (Å²) in [5.74, 6) is 0.748. The molecule has 5 rings (SSSR count). The van der Waals surface area contributed by atoms with Gasteiger partial charge < -0.3 is 19.1 Å². The Hall–Kier alpha value is -3.80. The van der Waals surface area contributed by atoms with Gasteiger partial charge in [0.15, 0.2) is 0 Å². The number of ether oxygens (including phenoxy) is 1. The first-order chi connectivity index (χ1) is 15.7. The van der Waals surface area contributed by atoms with Crippen LogP contribution in [0.25, 0.3) is 10.9 Å². The van der Waals surface area contributed by atoms with Gasteiger partial charge in [0.1, 0.15) is 11.4 Å². The van der Waals surface area contributed by atoms with Crippen molar-refractivity contribution in [1.82, 2.24) is 9.55 Å². The van der Waals surface area contributed by atoms with Crippen LogP contribution in [0.4, 0.5) is 11.4 Å². The number of hydrogen-bond donors (Lipinski definition) is 0. The van der Waals surface area contributed by atoms with Crippen LogP contribution in [0.2, 0.25) is 0 Å². The second-order valence-electron chi connectivity index (χ2n) is 8.02. The molecule has 0 radical (unpaired) electrons. The highest BCUT2D eigenvalue weighted by atomic mass is 16.5. The summed E-state index contributed by atoms with van der Waals surface area (Å²) < 4.78 is 7.60. The number of methoxy groups -OCH3 is 1. The predicted molar refractivity (Wildman–Crippen MR) is 129 cm³/mol. The van der Waals surface area contributed by atoms with Crippen molar-refractivity contribution in [1.29, 1.82) is 0 Å². The molecule has 6 nitrogen and oxygen atoms in total. The molecular weight excluding hydrogens is 400 g/mol. The average Bonchev–Trinajstić information content (AvgIpc) is 2.87. The molecule has 1 aliphatic heterocycles. The number of nitrogens with zero attached hydrogens (tertiary/aromatic N) is 4. The van der Waals surface area contributed by atoms with Gasteiger partial charge in [0, 0.05) is 68.5 Å². The number of pyridine rings is 2. The highest BCUT2D eigenvalue weighted by Gasteiger charge is 2.21. The Labute approximate surface area is 187 Å². The normalized spacial score (nSPS) is 14.0. The first kappa shape index (κ1) is 20.1. The van der Waals surface area contributed by atoms with E-state index in [2.05, 4.69) is 31.5 Å². The molecule has 0 spiro atoms. The van der Waals surface area contributed by atoms with Crippen LogP contribution in [0.5, 0.6) is 5.75 Å². The molecular formula is C26H26N4O2. The van der Waals surface area contributed by atoms with Crippen molar-refractivity contribution in [3.63, 3.8) is 0 Å². The second kappa shape index (κ2) is 8.75. The molecule has 32 heavy (non-hydrogen) atoms. The lowest BCUT2D eigenvalue weighted by Crippen LogP contribution is -2.48. The lowest BCUT2D eigenvalue weighted by Gasteiger charge is -2.37. The third kappa shape index (κ3) is 3.91. The summed E-state index contributed by atoms with van der Waals surface area (Å²) in [6.07, 6.45) is 5.66. The third-order valence-corrected chi connectivity index (χ3v) is 6.11. The van der Waals surface area contributed by atoms with Crippen LogP contribution in [0, 0.1) is 0 Å². The smallest absolute Gasteiger partial charge is 0.212 e. The summed E-state index contributed by atoms with van der Waals surface area (Å²) in [5.41, 5.74) is 4.08. The molecule has 0 amide bonds. The van der Waals surface area contributed by atoms with E-state index in [0.717, 1.165) is 48.5 Å². The van der Waals surface area contributed by atoms with Crippen LogP contribution in [-0.2, 0) is 6.54 Å². The maximum absolute atomic E-state index is 13.5. The summed E-state index contributed by atoms with van der Waals surface area (Å²) in [5, 5.41) is 0.718. The number of hydrogen-bond acceptors (Lipinski definition) is 5. The van der Waals surface area contributed by atoms with Crippen molar-refractivity contribution in [2.75, 3.05) is 43.1 Å². The molecule has 2 aromatic heterocycles. The molecule has 2 aromatic carbocycles. The topological polar surface area (TPSA) is 50.6 Å². The van der Waals surface area contributed by atoms with Gasteiger partial charge >= 0.3 is 0 Å². The molecule has 0 bridgehead atoms. The molecule has 0 saturated carbocycles. The molecule has 1 fully saturated rings. The zero-order valence-corrected chi connectivity index (χ0v) is 18.1. The Morgan fingerprint density at radius 2 is 1.62 bits per heavy atom. The summed E-state index contributed by atoms with van der Waals surface area (Å²) in [4.78, 5) is 22.1. The standard InChI is InChI=1S/C26H26N4O2/c1-32-22-7-8-23-24(17-22)30(18-20-5-3-2-4-6-20)19-25(26(23)31)29-15-13-28(14-16-29)21-9-11-27-12-10-21/h2-12,17,19H,13-16,18H2,1H3. The van der Waals surface area contributed by atoms with E-state index in [0.29, 0.717) is 6.54 Å². The Kier molecular flexibility index (Phi) is 5.50. The molecule has 1 aliphatic rings. The number of piperazine rings is 1. The molecule has 0 atom stereocenters. The molecule has 6 heteroatoms. The van der Waals surface area contributed by atoms with Gasteiger partial charge in [-0.2, -0.15) is 0 Å². The van der Waals surface area contributed by atoms with Gasteiger partial charge in [-0.15, -0.1) is 0 Å². The van der Waals surface area contributed by atoms with Crippen molar-refractivity contribution >= 4 is 22.3 Å². The molecule has 0 N–H and O–H groups in total. The molecule has 3 heterocycles. The first-order valence-electron chi connectivity index (χ1n) is 10.9. The monoisotopic (exact) mass is 426 g/mol. The van der Waals surface area contributed by atoms with Gasteiger partial charge in [-0.1, -0.05) is 30.3 Å². The molecule has 1 saturated heterocycles. The minimum absolute atomic E-state index is 0.0734. The maximum atomic E-state index is 13.5. The van der Waals surface area contributed by atoms with E-state index >= 15 is 0 Å². The van der Waals surface area contributed by atoms with Crippen LogP contribution in [0.1, 0.15) is 5.56 Å². The summed E-state index contributed by atoms with van der Waals surface area (Å²) in [6, 6.07) is 20.1. The lowest BCUT2D eigenvalue weighted by molar-refractivity contribution is 0.415. The van der Waals surface area contributed by atoms with Gasteiger partial charge in [0.25, 0.3) is 0 Å². The molecule has 0 aliphatic carbocycles. The SMILES string of the molecule is COc1ccc2c(=O)c(N3CCN(c4ccncc4)CC3)cn(Cc3ccccc3)c2c1. The number of rotatable bonds is 5. The minimum atomic E-state index is 0.0734. The number of aromatic nitrogens is 2. The van der Waals surface area contributed by atoms with E-state index in [4.69, 9.17) is 4.74 Å². The second-order valence-corrected chi connectivity index (χ2v) is 8.02. The lowest BCUT2D eigenvalue weighted by atomic mass is 10.1. The van der Waals surface area contributed by atoms with Crippen molar-refractivity contribution < 1.29 is 4.74 Å². The molecule has 162 valence electrons. The van der Waals surface area contributed by atoms with Crippen LogP contribution < -0.4 is 20.0 Å². The Bertz CT molecular complexity index is 1260. The van der Waals surface area contributed by atoms with Crippen LogP contribution >= 0.6 is 0 Å². The Morgan fingerprint density at radius 1 is 0.906 bits per heavy atom. The fourth-order valence-corrected chi connectivity index (χ4v) is 4.38. The van der Waals surface area contributed by atoms with Crippen molar-refractivity contribution in [3.8, 4) is 5.75 Å². The van der Waals surface area contributed by atoms with Gasteiger partial charge in [0.05, 0.1) is 12.6 Å². The highest BCUT2D eigenvalue weighted by molar-refractivity contribution is 5.84. The van der Waals surface area contributed by atoms with Gasteiger partial charge in [-0.05, 0) is 29.8 Å². The molecule has 0 unspecified atom stereocenters. The van der Waals surface area contributed by atoms with Crippen LogP contribution in [-0.4, -0.2) is 42.8 Å². The largest absolute Gasteiger partial charge is 0.497 e. The maximum Gasteiger partial charge on any atom is 0.212 e. The average molecular weight is 427 g/mol. The van der Waals surface area contributed by atoms with Gasteiger partial charge in [-0.3, -0.25) is 9.78 Å². The summed E-state index contributed by atoms with van der Waals surface area (Å²) >= 11 is 0. The van der Waals surface area contributed by atoms with E-state index in [1.807, 2.05) is 67.1 Å². The fourth-order valence-electron chi connectivity index (χ4n) is 4.38. The van der Waals surface area contributed by atoms with E-state index in [-0.39, 0.29) is 5.43 Å². The van der Waals surface area contributed by atoms with Crippen LogP contribution in [0.3, 0.4) is 0 Å². The highest BCUT2D eigenvalue weighted by Crippen LogP contribution is 2.24. The van der Waals surface area contributed by atoms with Gasteiger partial charge in [-0.25, -0.2) is 0 Å². The van der Waals surface area contributed by atoms with E-state index in [1.165, 1.54) is 11.3 Å². The quantitative estimate of drug-likeness (QED) is 0.486. The van der Waals surface area contributed by atoms with Crippen LogP contribution in [0.15, 0.2) is 84.0 Å². The van der Waals surface area contributed by atoms with Crippen molar-refractivity contribution in [3.05, 3.63) is 95.0 Å². The fraction of sp³-hybridized carbons (Fsp3) is 0.231. The zero-order chi connectivity index (χ0) is 21.9. The number of fused-ring (bicyclic) bond motifs is 1.